The lowest BCUT2D eigenvalue weighted by atomic mass is 10.0. The highest BCUT2D eigenvalue weighted by molar-refractivity contribution is 7.19. The monoisotopic (exact) mass is 395 g/mol. The zero-order chi connectivity index (χ0) is 19.7. The second kappa shape index (κ2) is 7.64. The van der Waals surface area contributed by atoms with Gasteiger partial charge in [-0.25, -0.2) is 18.7 Å². The number of benzene rings is 2. The normalized spacial score (nSPS) is 11.1. The van der Waals surface area contributed by atoms with Crippen molar-refractivity contribution in [2.75, 3.05) is 11.9 Å². The first-order chi connectivity index (χ1) is 13.5. The molecular formula is C22H19F2N3S. The fraction of sp³-hybridized carbons (Fsp3) is 0.182. The minimum absolute atomic E-state index is 0.234. The summed E-state index contributed by atoms with van der Waals surface area (Å²) in [6.07, 6.45) is 0.750. The van der Waals surface area contributed by atoms with Crippen molar-refractivity contribution < 1.29 is 8.78 Å². The van der Waals surface area contributed by atoms with Gasteiger partial charge in [0.1, 0.15) is 28.1 Å². The molecule has 0 radical (unpaired) electrons. The molecule has 0 aliphatic carbocycles. The van der Waals surface area contributed by atoms with E-state index >= 15 is 0 Å². The first-order valence-electron chi connectivity index (χ1n) is 9.03. The van der Waals surface area contributed by atoms with Gasteiger partial charge < -0.3 is 5.32 Å². The minimum atomic E-state index is -0.259. The highest BCUT2D eigenvalue weighted by atomic mass is 32.1. The number of fused-ring (bicyclic) bond motifs is 1. The maximum atomic E-state index is 13.4. The Balaban J connectivity index is 1.68. The van der Waals surface area contributed by atoms with Gasteiger partial charge in [0, 0.05) is 17.0 Å². The SMILES string of the molecule is Cc1nc(NCCc2ccc(F)cc2)c2c(-c3ccc(F)cc3)c(C)sc2n1. The molecular weight excluding hydrogens is 376 g/mol. The standard InChI is InChI=1S/C22H19F2N3S/c1-13-19(16-5-9-18(24)10-6-16)20-21(26-14(2)27-22(20)28-13)25-12-11-15-3-7-17(23)8-4-15/h3-10H,11-12H2,1-2H3,(H,25,26,27). The van der Waals surface area contributed by atoms with Crippen LogP contribution in [0.3, 0.4) is 0 Å². The van der Waals surface area contributed by atoms with Gasteiger partial charge in [-0.2, -0.15) is 0 Å². The Morgan fingerprint density at radius 1 is 0.893 bits per heavy atom. The number of hydrogen-bond acceptors (Lipinski definition) is 4. The van der Waals surface area contributed by atoms with Crippen LogP contribution in [-0.4, -0.2) is 16.5 Å². The number of aromatic nitrogens is 2. The molecule has 0 atom stereocenters. The molecule has 4 aromatic rings. The van der Waals surface area contributed by atoms with Crippen molar-refractivity contribution in [3.63, 3.8) is 0 Å². The molecule has 0 bridgehead atoms. The summed E-state index contributed by atoms with van der Waals surface area (Å²) in [5, 5.41) is 4.37. The molecule has 2 aromatic carbocycles. The van der Waals surface area contributed by atoms with Crippen LogP contribution in [0.1, 0.15) is 16.3 Å². The maximum absolute atomic E-state index is 13.4. The molecule has 0 unspecified atom stereocenters. The van der Waals surface area contributed by atoms with Crippen LogP contribution in [0, 0.1) is 25.5 Å². The van der Waals surface area contributed by atoms with Gasteiger partial charge in [0.05, 0.1) is 5.39 Å². The fourth-order valence-electron chi connectivity index (χ4n) is 3.29. The van der Waals surface area contributed by atoms with Crippen molar-refractivity contribution in [2.45, 2.75) is 20.3 Å². The quantitative estimate of drug-likeness (QED) is 0.457. The average Bonchev–Trinajstić information content (AvgIpc) is 2.99. The van der Waals surface area contributed by atoms with E-state index < -0.39 is 0 Å². The third kappa shape index (κ3) is 3.73. The molecule has 142 valence electrons. The number of hydrogen-bond donors (Lipinski definition) is 1. The van der Waals surface area contributed by atoms with Gasteiger partial charge in [0.15, 0.2) is 0 Å². The number of halogens is 2. The van der Waals surface area contributed by atoms with E-state index in [0.717, 1.165) is 44.0 Å². The Labute approximate surface area is 166 Å². The largest absolute Gasteiger partial charge is 0.369 e. The molecule has 0 aliphatic rings. The maximum Gasteiger partial charge on any atom is 0.139 e. The Morgan fingerprint density at radius 2 is 1.54 bits per heavy atom. The second-order valence-corrected chi connectivity index (χ2v) is 7.85. The van der Waals surface area contributed by atoms with Gasteiger partial charge in [-0.15, -0.1) is 11.3 Å². The van der Waals surface area contributed by atoms with E-state index in [1.807, 2.05) is 13.8 Å². The summed E-state index contributed by atoms with van der Waals surface area (Å²) >= 11 is 1.61. The lowest BCUT2D eigenvalue weighted by molar-refractivity contribution is 0.627. The molecule has 2 heterocycles. The lowest BCUT2D eigenvalue weighted by Crippen LogP contribution is -2.08. The smallest absolute Gasteiger partial charge is 0.139 e. The van der Waals surface area contributed by atoms with E-state index in [4.69, 9.17) is 0 Å². The number of nitrogens with zero attached hydrogens (tertiary/aromatic N) is 2. The van der Waals surface area contributed by atoms with E-state index in [2.05, 4.69) is 15.3 Å². The number of anilines is 1. The molecule has 0 amide bonds. The summed E-state index contributed by atoms with van der Waals surface area (Å²) in [7, 11) is 0. The molecule has 4 rings (SSSR count). The van der Waals surface area contributed by atoms with Crippen molar-refractivity contribution in [1.29, 1.82) is 0 Å². The summed E-state index contributed by atoms with van der Waals surface area (Å²) in [6.45, 7) is 4.58. The minimum Gasteiger partial charge on any atom is -0.369 e. The Morgan fingerprint density at radius 3 is 2.21 bits per heavy atom. The number of nitrogens with one attached hydrogen (secondary N) is 1. The zero-order valence-electron chi connectivity index (χ0n) is 15.6. The van der Waals surface area contributed by atoms with Crippen molar-refractivity contribution in [3.8, 4) is 11.1 Å². The van der Waals surface area contributed by atoms with Crippen molar-refractivity contribution in [3.05, 3.63) is 76.4 Å². The van der Waals surface area contributed by atoms with Gasteiger partial charge >= 0.3 is 0 Å². The topological polar surface area (TPSA) is 37.8 Å². The lowest BCUT2D eigenvalue weighted by Gasteiger charge is -2.10. The van der Waals surface area contributed by atoms with Crippen molar-refractivity contribution in [2.24, 2.45) is 0 Å². The summed E-state index contributed by atoms with van der Waals surface area (Å²) in [5.74, 6) is 0.977. The Bertz CT molecular complexity index is 1120. The Hall–Kier alpha value is -2.86. The van der Waals surface area contributed by atoms with Gasteiger partial charge in [0.2, 0.25) is 0 Å². The van der Waals surface area contributed by atoms with Gasteiger partial charge in [-0.3, -0.25) is 0 Å². The molecule has 3 nitrogen and oxygen atoms in total. The van der Waals surface area contributed by atoms with Gasteiger partial charge in [0.25, 0.3) is 0 Å². The van der Waals surface area contributed by atoms with Gasteiger partial charge in [-0.1, -0.05) is 24.3 Å². The van der Waals surface area contributed by atoms with E-state index in [9.17, 15) is 8.78 Å². The van der Waals surface area contributed by atoms with Crippen LogP contribution in [0.25, 0.3) is 21.3 Å². The van der Waals surface area contributed by atoms with E-state index in [1.165, 1.54) is 24.3 Å². The van der Waals surface area contributed by atoms with E-state index in [0.29, 0.717) is 12.4 Å². The molecule has 0 aliphatic heterocycles. The van der Waals surface area contributed by atoms with Crippen LogP contribution in [0.4, 0.5) is 14.6 Å². The number of aryl methyl sites for hydroxylation is 2. The fourth-order valence-corrected chi connectivity index (χ4v) is 4.38. The molecule has 0 spiro atoms. The third-order valence-corrected chi connectivity index (χ3v) is 5.59. The first kappa shape index (κ1) is 18.5. The summed E-state index contributed by atoms with van der Waals surface area (Å²) in [5.41, 5.74) is 3.03. The molecule has 1 N–H and O–H groups in total. The Kier molecular flexibility index (Phi) is 5.05. The molecule has 0 fully saturated rings. The summed E-state index contributed by atoms with van der Waals surface area (Å²) < 4.78 is 26.4. The van der Waals surface area contributed by atoms with Crippen LogP contribution in [0.2, 0.25) is 0 Å². The molecule has 0 saturated carbocycles. The average molecular weight is 395 g/mol. The zero-order valence-corrected chi connectivity index (χ0v) is 16.4. The highest BCUT2D eigenvalue weighted by Gasteiger charge is 2.17. The van der Waals surface area contributed by atoms with Crippen LogP contribution in [-0.2, 0) is 6.42 Å². The summed E-state index contributed by atoms with van der Waals surface area (Å²) in [4.78, 5) is 11.2. The third-order valence-electron chi connectivity index (χ3n) is 4.59. The predicted molar refractivity (Wildman–Crippen MR) is 111 cm³/mol. The van der Waals surface area contributed by atoms with E-state index in [1.54, 1.807) is 35.6 Å². The van der Waals surface area contributed by atoms with Crippen LogP contribution in [0.5, 0.6) is 0 Å². The number of thiophene rings is 1. The highest BCUT2D eigenvalue weighted by Crippen LogP contribution is 2.40. The van der Waals surface area contributed by atoms with Crippen LogP contribution < -0.4 is 5.32 Å². The van der Waals surface area contributed by atoms with E-state index in [-0.39, 0.29) is 11.6 Å². The predicted octanol–water partition coefficient (Wildman–Crippen LogP) is 5.91. The van der Waals surface area contributed by atoms with Crippen molar-refractivity contribution >= 4 is 27.4 Å². The second-order valence-electron chi connectivity index (χ2n) is 6.64. The number of rotatable bonds is 5. The van der Waals surface area contributed by atoms with Crippen LogP contribution in [0.15, 0.2) is 48.5 Å². The van der Waals surface area contributed by atoms with Crippen LogP contribution >= 0.6 is 11.3 Å². The molecule has 6 heteroatoms. The molecule has 28 heavy (non-hydrogen) atoms. The molecule has 0 saturated heterocycles. The van der Waals surface area contributed by atoms with Crippen molar-refractivity contribution in [1.82, 2.24) is 9.97 Å². The summed E-state index contributed by atoms with van der Waals surface area (Å²) in [6, 6.07) is 13.0. The van der Waals surface area contributed by atoms with Gasteiger partial charge in [-0.05, 0) is 55.7 Å². The molecule has 2 aromatic heterocycles. The first-order valence-corrected chi connectivity index (χ1v) is 9.85.